The predicted octanol–water partition coefficient (Wildman–Crippen LogP) is 1.49. The van der Waals surface area contributed by atoms with Crippen LogP contribution in [-0.2, 0) is 6.61 Å². The van der Waals surface area contributed by atoms with Crippen LogP contribution < -0.4 is 0 Å². The molecule has 4 nitrogen and oxygen atoms in total. The van der Waals surface area contributed by atoms with Crippen molar-refractivity contribution in [3.05, 3.63) is 17.5 Å². The van der Waals surface area contributed by atoms with E-state index < -0.39 is 0 Å². The van der Waals surface area contributed by atoms with E-state index in [9.17, 15) is 0 Å². The summed E-state index contributed by atoms with van der Waals surface area (Å²) in [6.45, 7) is 3.75. The second-order valence-corrected chi connectivity index (χ2v) is 5.52. The molecule has 1 aliphatic carbocycles. The number of aliphatic hydroxyl groups excluding tert-OH is 1. The third-order valence-corrected chi connectivity index (χ3v) is 3.96. The summed E-state index contributed by atoms with van der Waals surface area (Å²) in [6.07, 6.45) is 5.37. The molecule has 1 atom stereocenters. The fourth-order valence-electron chi connectivity index (χ4n) is 2.80. The molecule has 17 heavy (non-hydrogen) atoms. The summed E-state index contributed by atoms with van der Waals surface area (Å²) in [4.78, 5) is 2.60. The number of nitrogens with zero attached hydrogens (tertiary/aromatic N) is 2. The molecule has 0 radical (unpaired) electrons. The Morgan fingerprint density at radius 1 is 1.41 bits per heavy atom. The average molecular weight is 235 g/mol. The molecule has 0 bridgehead atoms. The van der Waals surface area contributed by atoms with Crippen LogP contribution in [0.3, 0.4) is 0 Å². The molecule has 1 saturated carbocycles. The number of nitrogens with one attached hydrogen (secondary N) is 1. The smallest absolute Gasteiger partial charge is 0.0847 e. The highest BCUT2D eigenvalue weighted by Gasteiger charge is 2.28. The van der Waals surface area contributed by atoms with Crippen molar-refractivity contribution >= 4 is 0 Å². The van der Waals surface area contributed by atoms with Crippen LogP contribution in [0.15, 0.2) is 6.07 Å². The van der Waals surface area contributed by atoms with E-state index in [2.05, 4.69) is 15.1 Å². The van der Waals surface area contributed by atoms with Crippen LogP contribution in [0.1, 0.15) is 43.0 Å². The number of rotatable bonds is 4. The van der Waals surface area contributed by atoms with Gasteiger partial charge in [0.1, 0.15) is 0 Å². The molecule has 0 aromatic carbocycles. The van der Waals surface area contributed by atoms with Crippen LogP contribution in [0.4, 0.5) is 0 Å². The highest BCUT2D eigenvalue weighted by Crippen LogP contribution is 2.33. The standard InChI is InChI=1S/C13H21N3O/c17-9-12-6-13(15-14-12)11-2-1-5-16(8-11)7-10-3-4-10/h6,10-11,17H,1-5,7-9H2,(H,14,15)/t11-/m1/s1. The van der Waals surface area contributed by atoms with Gasteiger partial charge in [0.05, 0.1) is 18.0 Å². The van der Waals surface area contributed by atoms with Crippen molar-refractivity contribution in [1.29, 1.82) is 0 Å². The molecule has 0 amide bonds. The van der Waals surface area contributed by atoms with Crippen molar-refractivity contribution in [3.63, 3.8) is 0 Å². The average Bonchev–Trinajstić information content (AvgIpc) is 3.04. The third kappa shape index (κ3) is 2.69. The molecule has 0 spiro atoms. The van der Waals surface area contributed by atoms with Gasteiger partial charge in [-0.15, -0.1) is 0 Å². The van der Waals surface area contributed by atoms with Crippen molar-refractivity contribution in [2.75, 3.05) is 19.6 Å². The molecule has 1 aromatic heterocycles. The summed E-state index contributed by atoms with van der Waals surface area (Å²) in [5.41, 5.74) is 1.97. The highest BCUT2D eigenvalue weighted by molar-refractivity contribution is 5.14. The number of H-pyrrole nitrogens is 1. The van der Waals surface area contributed by atoms with Gasteiger partial charge in [-0.25, -0.2) is 0 Å². The Morgan fingerprint density at radius 3 is 3.00 bits per heavy atom. The second-order valence-electron chi connectivity index (χ2n) is 5.52. The molecular weight excluding hydrogens is 214 g/mol. The fourth-order valence-corrected chi connectivity index (χ4v) is 2.80. The summed E-state index contributed by atoms with van der Waals surface area (Å²) < 4.78 is 0. The highest BCUT2D eigenvalue weighted by atomic mass is 16.3. The molecule has 0 unspecified atom stereocenters. The normalized spacial score (nSPS) is 26.3. The van der Waals surface area contributed by atoms with E-state index in [-0.39, 0.29) is 6.61 Å². The molecule has 4 heteroatoms. The topological polar surface area (TPSA) is 52.1 Å². The number of likely N-dealkylation sites (tertiary alicyclic amines) is 1. The Labute approximate surface area is 102 Å². The SMILES string of the molecule is OCc1cc([C@@H]2CCCN(CC3CC3)C2)n[nH]1. The number of hydrogen-bond acceptors (Lipinski definition) is 3. The molecule has 1 saturated heterocycles. The lowest BCUT2D eigenvalue weighted by atomic mass is 9.94. The van der Waals surface area contributed by atoms with Crippen molar-refractivity contribution in [3.8, 4) is 0 Å². The lowest BCUT2D eigenvalue weighted by Crippen LogP contribution is -2.35. The van der Waals surface area contributed by atoms with E-state index in [0.717, 1.165) is 23.9 Å². The number of aromatic nitrogens is 2. The van der Waals surface area contributed by atoms with E-state index in [1.54, 1.807) is 0 Å². The van der Waals surface area contributed by atoms with Gasteiger partial charge >= 0.3 is 0 Å². The first-order chi connectivity index (χ1) is 8.35. The quantitative estimate of drug-likeness (QED) is 0.831. The maximum absolute atomic E-state index is 9.05. The monoisotopic (exact) mass is 235 g/mol. The summed E-state index contributed by atoms with van der Waals surface area (Å²) in [5, 5.41) is 16.3. The van der Waals surface area contributed by atoms with Gasteiger partial charge in [0.15, 0.2) is 0 Å². The maximum Gasteiger partial charge on any atom is 0.0847 e. The summed E-state index contributed by atoms with van der Waals surface area (Å²) in [6, 6.07) is 2.02. The van der Waals surface area contributed by atoms with Gasteiger partial charge in [-0.05, 0) is 44.2 Å². The van der Waals surface area contributed by atoms with Crippen LogP contribution in [-0.4, -0.2) is 39.8 Å². The van der Waals surface area contributed by atoms with Gasteiger partial charge in [0.25, 0.3) is 0 Å². The molecule has 3 rings (SSSR count). The van der Waals surface area contributed by atoms with Gasteiger partial charge in [-0.3, -0.25) is 5.10 Å². The number of hydrogen-bond donors (Lipinski definition) is 2. The number of aliphatic hydroxyl groups is 1. The number of aromatic amines is 1. The van der Waals surface area contributed by atoms with Crippen LogP contribution in [0.25, 0.3) is 0 Å². The first-order valence-electron chi connectivity index (χ1n) is 6.72. The van der Waals surface area contributed by atoms with Crippen molar-refractivity contribution in [2.45, 2.75) is 38.2 Å². The summed E-state index contributed by atoms with van der Waals surface area (Å²) >= 11 is 0. The van der Waals surface area contributed by atoms with E-state index in [1.807, 2.05) is 6.07 Å². The summed E-state index contributed by atoms with van der Waals surface area (Å²) in [7, 11) is 0. The molecule has 2 fully saturated rings. The van der Waals surface area contributed by atoms with Gasteiger partial charge in [0.2, 0.25) is 0 Å². The van der Waals surface area contributed by atoms with E-state index in [1.165, 1.54) is 38.8 Å². The molecule has 94 valence electrons. The van der Waals surface area contributed by atoms with E-state index in [4.69, 9.17) is 5.11 Å². The zero-order valence-electron chi connectivity index (χ0n) is 10.2. The predicted molar refractivity (Wildman–Crippen MR) is 65.6 cm³/mol. The van der Waals surface area contributed by atoms with Crippen molar-refractivity contribution in [2.24, 2.45) is 5.92 Å². The van der Waals surface area contributed by atoms with E-state index in [0.29, 0.717) is 5.92 Å². The molecule has 1 aromatic rings. The van der Waals surface area contributed by atoms with E-state index >= 15 is 0 Å². The first-order valence-corrected chi connectivity index (χ1v) is 6.72. The number of piperidine rings is 1. The Bertz CT molecular complexity index is 372. The lowest BCUT2D eigenvalue weighted by molar-refractivity contribution is 0.198. The van der Waals surface area contributed by atoms with Gasteiger partial charge < -0.3 is 10.0 Å². The van der Waals surface area contributed by atoms with Crippen LogP contribution >= 0.6 is 0 Å². The van der Waals surface area contributed by atoms with Crippen LogP contribution in [0.2, 0.25) is 0 Å². The summed E-state index contributed by atoms with van der Waals surface area (Å²) in [5.74, 6) is 1.53. The third-order valence-electron chi connectivity index (χ3n) is 3.96. The Kier molecular flexibility index (Phi) is 3.16. The van der Waals surface area contributed by atoms with Gasteiger partial charge in [-0.1, -0.05) is 0 Å². The molecule has 2 aliphatic rings. The fraction of sp³-hybridized carbons (Fsp3) is 0.769. The molecular formula is C13H21N3O. The van der Waals surface area contributed by atoms with Gasteiger partial charge in [0, 0.05) is 19.0 Å². The zero-order chi connectivity index (χ0) is 11.7. The van der Waals surface area contributed by atoms with Crippen LogP contribution in [0, 0.1) is 5.92 Å². The largest absolute Gasteiger partial charge is 0.390 e. The van der Waals surface area contributed by atoms with Crippen LogP contribution in [0.5, 0.6) is 0 Å². The molecule has 2 N–H and O–H groups in total. The molecule has 2 heterocycles. The zero-order valence-corrected chi connectivity index (χ0v) is 10.2. The molecule has 1 aliphatic heterocycles. The Balaban J connectivity index is 1.61. The minimum absolute atomic E-state index is 0.0610. The van der Waals surface area contributed by atoms with Gasteiger partial charge in [-0.2, -0.15) is 5.10 Å². The van der Waals surface area contributed by atoms with Crippen molar-refractivity contribution < 1.29 is 5.11 Å². The Morgan fingerprint density at radius 2 is 2.29 bits per heavy atom. The Hall–Kier alpha value is -0.870. The van der Waals surface area contributed by atoms with Crippen molar-refractivity contribution in [1.82, 2.24) is 15.1 Å². The maximum atomic E-state index is 9.05. The minimum Gasteiger partial charge on any atom is -0.390 e. The first kappa shape index (κ1) is 11.2. The lowest BCUT2D eigenvalue weighted by Gasteiger charge is -2.31. The second kappa shape index (κ2) is 4.78. The minimum atomic E-state index is 0.0610.